The number of nitrogens with zero attached hydrogens (tertiary/aromatic N) is 2. The Kier molecular flexibility index (Phi) is 9.56. The summed E-state index contributed by atoms with van der Waals surface area (Å²) in [5.74, 6) is 1.24. The van der Waals surface area contributed by atoms with E-state index < -0.39 is 6.04 Å². The molecule has 2 aliphatic heterocycles. The number of ether oxygens (including phenoxy) is 2. The number of benzene rings is 2. The third-order valence-electron chi connectivity index (χ3n) is 8.26. The number of nitrogens with one attached hydrogen (secondary N) is 4. The Balaban J connectivity index is 1.27. The second kappa shape index (κ2) is 14.3. The fraction of sp³-hybridized carbons (Fsp3) is 0.314. The lowest BCUT2D eigenvalue weighted by Crippen LogP contribution is -2.48. The van der Waals surface area contributed by atoms with Crippen molar-refractivity contribution < 1.29 is 28.3 Å². The van der Waals surface area contributed by atoms with Crippen LogP contribution in [0.5, 0.6) is 11.5 Å². The van der Waals surface area contributed by atoms with E-state index in [2.05, 4.69) is 25.6 Å². The molecule has 0 saturated carbocycles. The highest BCUT2D eigenvalue weighted by atomic mass is 16.5. The molecule has 0 aliphatic carbocycles. The fourth-order valence-corrected chi connectivity index (χ4v) is 5.74. The van der Waals surface area contributed by atoms with E-state index in [1.807, 2.05) is 36.5 Å². The molecule has 3 aromatic heterocycles. The summed E-state index contributed by atoms with van der Waals surface area (Å²) in [4.78, 5) is 52.8. The summed E-state index contributed by atoms with van der Waals surface area (Å²) >= 11 is 0. The summed E-state index contributed by atoms with van der Waals surface area (Å²) in [6.45, 7) is 3.03. The lowest BCUT2D eigenvalue weighted by Gasteiger charge is -2.23. The van der Waals surface area contributed by atoms with Gasteiger partial charge in [0, 0.05) is 54.8 Å². The quantitative estimate of drug-likeness (QED) is 0.226. The summed E-state index contributed by atoms with van der Waals surface area (Å²) < 4.78 is 17.6. The van der Waals surface area contributed by atoms with Gasteiger partial charge in [0.15, 0.2) is 11.5 Å². The van der Waals surface area contributed by atoms with Crippen LogP contribution in [0.15, 0.2) is 71.4 Å². The van der Waals surface area contributed by atoms with Crippen molar-refractivity contribution in [3.05, 3.63) is 89.7 Å². The van der Waals surface area contributed by atoms with Gasteiger partial charge in [-0.25, -0.2) is 4.98 Å². The molecule has 47 heavy (non-hydrogen) atoms. The number of rotatable bonds is 4. The van der Waals surface area contributed by atoms with Crippen LogP contribution < -0.4 is 20.1 Å². The monoisotopic (exact) mass is 638 g/mol. The molecule has 5 aromatic rings. The van der Waals surface area contributed by atoms with Crippen molar-refractivity contribution in [2.45, 2.75) is 45.2 Å². The molecule has 4 bridgehead atoms. The van der Waals surface area contributed by atoms with E-state index in [4.69, 9.17) is 13.9 Å². The van der Waals surface area contributed by atoms with E-state index in [0.29, 0.717) is 72.6 Å². The number of para-hydroxylation sites is 1. The summed E-state index contributed by atoms with van der Waals surface area (Å²) in [5, 5.41) is 6.87. The molecule has 5 heterocycles. The predicted molar refractivity (Wildman–Crippen MR) is 175 cm³/mol. The summed E-state index contributed by atoms with van der Waals surface area (Å²) in [5.41, 5.74) is 3.59. The minimum Gasteiger partial charge on any atom is -0.493 e. The van der Waals surface area contributed by atoms with Crippen LogP contribution in [0.3, 0.4) is 0 Å². The molecule has 0 fully saturated rings. The largest absolute Gasteiger partial charge is 0.493 e. The fourth-order valence-electron chi connectivity index (χ4n) is 5.74. The zero-order valence-corrected chi connectivity index (χ0v) is 26.4. The number of amides is 3. The van der Waals surface area contributed by atoms with Gasteiger partial charge in [-0.15, -0.1) is 0 Å². The molecule has 3 amide bonds. The molecular formula is C35H38N6O6. The van der Waals surface area contributed by atoms with Crippen LogP contribution in [0.1, 0.15) is 46.8 Å². The highest BCUT2D eigenvalue weighted by Gasteiger charge is 2.24. The minimum absolute atomic E-state index is 0.114. The van der Waals surface area contributed by atoms with Crippen molar-refractivity contribution in [2.75, 3.05) is 26.8 Å². The van der Waals surface area contributed by atoms with E-state index >= 15 is 0 Å². The second-order valence-electron chi connectivity index (χ2n) is 11.5. The maximum atomic E-state index is 13.6. The number of hydrogen-bond donors (Lipinski definition) is 4. The van der Waals surface area contributed by atoms with Crippen LogP contribution >= 0.6 is 0 Å². The van der Waals surface area contributed by atoms with E-state index in [9.17, 15) is 14.4 Å². The molecule has 12 nitrogen and oxygen atoms in total. The van der Waals surface area contributed by atoms with Crippen LogP contribution in [0.25, 0.3) is 22.4 Å². The summed E-state index contributed by atoms with van der Waals surface area (Å²) in [6, 6.07) is 15.9. The molecule has 7 rings (SSSR count). The van der Waals surface area contributed by atoms with Crippen LogP contribution in [-0.2, 0) is 22.6 Å². The smallest absolute Gasteiger partial charge is 0.270 e. The van der Waals surface area contributed by atoms with Crippen molar-refractivity contribution in [1.82, 2.24) is 30.5 Å². The van der Waals surface area contributed by atoms with Gasteiger partial charge in [0.05, 0.1) is 20.3 Å². The van der Waals surface area contributed by atoms with E-state index in [-0.39, 0.29) is 37.1 Å². The number of oxazole rings is 1. The molecule has 0 unspecified atom stereocenters. The van der Waals surface area contributed by atoms with Crippen LogP contribution in [0.2, 0.25) is 0 Å². The summed E-state index contributed by atoms with van der Waals surface area (Å²) in [7, 11) is 1.56. The van der Waals surface area contributed by atoms with Gasteiger partial charge in [0.25, 0.3) is 5.91 Å². The Labute approximate surface area is 271 Å². The second-order valence-corrected chi connectivity index (χ2v) is 11.5. The Hall–Kier alpha value is -5.52. The number of carbonyl (C=O) groups excluding carboxylic acids is 3. The van der Waals surface area contributed by atoms with Gasteiger partial charge in [-0.05, 0) is 61.7 Å². The first-order valence-corrected chi connectivity index (χ1v) is 15.7. The number of aromatic nitrogens is 3. The third kappa shape index (κ3) is 7.32. The number of H-pyrrole nitrogens is 2. The van der Waals surface area contributed by atoms with Crippen molar-refractivity contribution in [2.24, 2.45) is 0 Å². The zero-order valence-electron chi connectivity index (χ0n) is 26.4. The summed E-state index contributed by atoms with van der Waals surface area (Å²) in [6.07, 6.45) is 4.96. The zero-order chi connectivity index (χ0) is 32.8. The molecule has 0 saturated heterocycles. The molecule has 2 aliphatic rings. The maximum Gasteiger partial charge on any atom is 0.270 e. The van der Waals surface area contributed by atoms with Gasteiger partial charge in [0.1, 0.15) is 23.2 Å². The Morgan fingerprint density at radius 3 is 2.74 bits per heavy atom. The van der Waals surface area contributed by atoms with Crippen LogP contribution in [0, 0.1) is 6.92 Å². The third-order valence-corrected chi connectivity index (χ3v) is 8.26. The van der Waals surface area contributed by atoms with Gasteiger partial charge in [0.2, 0.25) is 17.7 Å². The van der Waals surface area contributed by atoms with Crippen molar-refractivity contribution in [1.29, 1.82) is 0 Å². The molecule has 4 N–H and O–H groups in total. The Morgan fingerprint density at radius 2 is 1.91 bits per heavy atom. The van der Waals surface area contributed by atoms with Crippen molar-refractivity contribution in [3.8, 4) is 23.0 Å². The minimum atomic E-state index is -0.840. The first-order valence-electron chi connectivity index (χ1n) is 15.7. The number of carbonyl (C=O) groups is 3. The van der Waals surface area contributed by atoms with Crippen molar-refractivity contribution >= 4 is 28.6 Å². The topological polar surface area (TPSA) is 155 Å². The van der Waals surface area contributed by atoms with Gasteiger partial charge >= 0.3 is 0 Å². The molecule has 2 aromatic carbocycles. The van der Waals surface area contributed by atoms with Gasteiger partial charge in [-0.1, -0.05) is 18.2 Å². The highest BCUT2D eigenvalue weighted by molar-refractivity contribution is 5.92. The number of methoxy groups -OCH3 is 1. The van der Waals surface area contributed by atoms with Crippen LogP contribution in [0.4, 0.5) is 0 Å². The van der Waals surface area contributed by atoms with Crippen molar-refractivity contribution in [3.63, 3.8) is 0 Å². The first-order chi connectivity index (χ1) is 22.9. The lowest BCUT2D eigenvalue weighted by atomic mass is 10.0. The standard InChI is InChI=1S/C35H38N6O6/c1-22-29-21-38-33(43)28(18-24-20-37-26-9-4-3-8-25(24)26)39-32(42)11-6-15-41(35(44)27-10-5-14-36-27)16-7-17-46-30-13-12-23(19-31(30)45-2)34(40-29)47-22/h3-5,8-10,12-14,19-20,28,36-37H,6-7,11,15-18,21H2,1-2H3,(H,38,43)(H,39,42)/t28-/m0/s1. The number of aryl methyl sites for hydroxylation is 1. The normalized spacial score (nSPS) is 16.6. The maximum absolute atomic E-state index is 13.6. The molecule has 12 heteroatoms. The van der Waals surface area contributed by atoms with E-state index in [1.165, 1.54) is 0 Å². The number of fused-ring (bicyclic) bond motifs is 16. The SMILES string of the molecule is COc1cc2ccc1OCCCN(C(=O)c1ccc[nH]1)CCCC(=O)N[C@@H](Cc1c[nH]c3ccccc13)C(=O)NCc1nc-2oc1C. The van der Waals surface area contributed by atoms with Crippen LogP contribution in [-0.4, -0.2) is 70.4 Å². The lowest BCUT2D eigenvalue weighted by molar-refractivity contribution is -0.129. The molecular weight excluding hydrogens is 600 g/mol. The molecule has 1 atom stereocenters. The number of hydrogen-bond acceptors (Lipinski definition) is 7. The Bertz CT molecular complexity index is 1860. The molecule has 0 radical (unpaired) electrons. The Morgan fingerprint density at radius 1 is 1.06 bits per heavy atom. The van der Waals surface area contributed by atoms with E-state index in [0.717, 1.165) is 16.5 Å². The van der Waals surface area contributed by atoms with Gasteiger partial charge in [-0.2, -0.15) is 0 Å². The van der Waals surface area contributed by atoms with E-state index in [1.54, 1.807) is 49.4 Å². The highest BCUT2D eigenvalue weighted by Crippen LogP contribution is 2.33. The molecule has 244 valence electrons. The average Bonchev–Trinajstić information content (AvgIpc) is 3.85. The average molecular weight is 639 g/mol. The van der Waals surface area contributed by atoms with Gasteiger partial charge in [-0.3, -0.25) is 14.4 Å². The predicted octanol–water partition coefficient (Wildman–Crippen LogP) is 4.52. The first kappa shape index (κ1) is 31.5. The van der Waals surface area contributed by atoms with Gasteiger partial charge < -0.3 is 39.4 Å². The molecule has 0 spiro atoms. The number of aromatic amines is 2.